The zero-order valence-corrected chi connectivity index (χ0v) is 22.0. The third-order valence-corrected chi connectivity index (χ3v) is 6.34. The molecule has 0 radical (unpaired) electrons. The van der Waals surface area contributed by atoms with Crippen molar-refractivity contribution in [3.05, 3.63) is 96.1 Å². The molecule has 6 N–H and O–H groups in total. The summed E-state index contributed by atoms with van der Waals surface area (Å²) in [6.45, 7) is 0. The molecular formula is C32H32N2O6. The lowest BCUT2D eigenvalue weighted by molar-refractivity contribution is -0.138. The Morgan fingerprint density at radius 2 is 0.950 bits per heavy atom. The highest BCUT2D eigenvalue weighted by molar-refractivity contribution is 5.67. The first-order chi connectivity index (χ1) is 19.3. The largest absolute Gasteiger partial charge is 0.481 e. The second kappa shape index (κ2) is 13.2. The molecule has 0 aliphatic rings. The Balaban J connectivity index is 1.41. The third-order valence-electron chi connectivity index (χ3n) is 6.34. The summed E-state index contributed by atoms with van der Waals surface area (Å²) >= 11 is 0. The predicted molar refractivity (Wildman–Crippen MR) is 155 cm³/mol. The average molecular weight is 541 g/mol. The molecule has 8 heteroatoms. The van der Waals surface area contributed by atoms with E-state index in [0.29, 0.717) is 60.1 Å². The number of aryl methyl sites for hydroxylation is 2. The number of benzene rings is 4. The smallest absolute Gasteiger partial charge is 0.303 e. The van der Waals surface area contributed by atoms with Crippen molar-refractivity contribution < 1.29 is 29.3 Å². The lowest BCUT2D eigenvalue weighted by atomic mass is 10.0. The maximum Gasteiger partial charge on any atom is 0.303 e. The van der Waals surface area contributed by atoms with Crippen molar-refractivity contribution in [2.45, 2.75) is 38.5 Å². The maximum absolute atomic E-state index is 10.9. The lowest BCUT2D eigenvalue weighted by Gasteiger charge is -2.13. The summed E-state index contributed by atoms with van der Waals surface area (Å²) in [5.41, 5.74) is 16.8. The topological polar surface area (TPSA) is 145 Å². The van der Waals surface area contributed by atoms with Crippen LogP contribution in [-0.4, -0.2) is 22.2 Å². The van der Waals surface area contributed by atoms with Gasteiger partial charge in [0, 0.05) is 24.2 Å². The van der Waals surface area contributed by atoms with E-state index >= 15 is 0 Å². The van der Waals surface area contributed by atoms with Crippen LogP contribution in [0.15, 0.2) is 84.9 Å². The highest BCUT2D eigenvalue weighted by Crippen LogP contribution is 2.32. The van der Waals surface area contributed by atoms with Crippen LogP contribution < -0.4 is 20.9 Å². The van der Waals surface area contributed by atoms with Crippen molar-refractivity contribution in [1.82, 2.24) is 0 Å². The monoisotopic (exact) mass is 540 g/mol. The molecule has 0 bridgehead atoms. The van der Waals surface area contributed by atoms with Gasteiger partial charge >= 0.3 is 11.9 Å². The fourth-order valence-corrected chi connectivity index (χ4v) is 4.33. The first-order valence-corrected chi connectivity index (χ1v) is 13.0. The molecule has 4 aromatic rings. The van der Waals surface area contributed by atoms with Gasteiger partial charge < -0.3 is 31.2 Å². The van der Waals surface area contributed by atoms with E-state index in [0.717, 1.165) is 22.3 Å². The minimum absolute atomic E-state index is 0.0840. The van der Waals surface area contributed by atoms with E-state index in [9.17, 15) is 9.59 Å². The molecule has 0 aliphatic carbocycles. The van der Waals surface area contributed by atoms with E-state index in [4.69, 9.17) is 31.2 Å². The van der Waals surface area contributed by atoms with Gasteiger partial charge in [-0.1, -0.05) is 24.3 Å². The second-order valence-electron chi connectivity index (χ2n) is 9.48. The summed E-state index contributed by atoms with van der Waals surface area (Å²) in [6.07, 6.45) is 2.27. The van der Waals surface area contributed by atoms with Crippen LogP contribution in [0.5, 0.6) is 23.0 Å². The Bertz CT molecular complexity index is 1350. The quantitative estimate of drug-likeness (QED) is 0.134. The van der Waals surface area contributed by atoms with Crippen molar-refractivity contribution in [2.24, 2.45) is 0 Å². The van der Waals surface area contributed by atoms with Gasteiger partial charge in [0.15, 0.2) is 0 Å². The van der Waals surface area contributed by atoms with Gasteiger partial charge in [0.2, 0.25) is 0 Å². The summed E-state index contributed by atoms with van der Waals surface area (Å²) in [5.74, 6) is 0.963. The highest BCUT2D eigenvalue weighted by Gasteiger charge is 2.10. The molecule has 206 valence electrons. The van der Waals surface area contributed by atoms with Crippen LogP contribution in [0.4, 0.5) is 11.4 Å². The molecule has 0 unspecified atom stereocenters. The van der Waals surface area contributed by atoms with Crippen LogP contribution in [0.25, 0.3) is 11.1 Å². The zero-order valence-electron chi connectivity index (χ0n) is 22.0. The number of hydrogen-bond acceptors (Lipinski definition) is 6. The Morgan fingerprint density at radius 1 is 0.575 bits per heavy atom. The van der Waals surface area contributed by atoms with E-state index < -0.39 is 11.9 Å². The van der Waals surface area contributed by atoms with Gasteiger partial charge in [-0.2, -0.15) is 0 Å². The second-order valence-corrected chi connectivity index (χ2v) is 9.48. The van der Waals surface area contributed by atoms with E-state index in [1.807, 2.05) is 60.7 Å². The molecule has 0 atom stereocenters. The standard InChI is InChI=1S/C32H32N2O6/c33-25-11-17-29(23(19-25)3-1-5-31(35)36)39-27-13-7-21(8-14-27)22-9-15-28(16-10-22)40-30-18-12-26(34)20-24(30)4-2-6-32(37)38/h7-20H,1-6,33-34H2,(H,35,36)(H,37,38). The molecule has 0 heterocycles. The van der Waals surface area contributed by atoms with Crippen LogP contribution >= 0.6 is 0 Å². The molecule has 4 rings (SSSR count). The Labute approximate surface area is 232 Å². The van der Waals surface area contributed by atoms with Gasteiger partial charge in [-0.05, 0) is 109 Å². The van der Waals surface area contributed by atoms with E-state index in [-0.39, 0.29) is 12.8 Å². The molecule has 0 fully saturated rings. The number of nitrogen functional groups attached to an aromatic ring is 2. The van der Waals surface area contributed by atoms with Crippen molar-refractivity contribution in [1.29, 1.82) is 0 Å². The van der Waals surface area contributed by atoms with Gasteiger partial charge in [-0.15, -0.1) is 0 Å². The van der Waals surface area contributed by atoms with Gasteiger partial charge in [-0.3, -0.25) is 9.59 Å². The number of ether oxygens (including phenoxy) is 2. The number of hydrogen-bond donors (Lipinski definition) is 4. The molecule has 4 aromatic carbocycles. The minimum Gasteiger partial charge on any atom is -0.481 e. The molecule has 40 heavy (non-hydrogen) atoms. The number of rotatable bonds is 13. The number of carboxylic acid groups (broad SMARTS) is 2. The lowest BCUT2D eigenvalue weighted by Crippen LogP contribution is -1.99. The Morgan fingerprint density at radius 3 is 1.30 bits per heavy atom. The summed E-state index contributed by atoms with van der Waals surface area (Å²) in [5, 5.41) is 17.9. The van der Waals surface area contributed by atoms with Crippen LogP contribution in [0, 0.1) is 0 Å². The molecule has 0 saturated carbocycles. The van der Waals surface area contributed by atoms with Crippen LogP contribution in [0.1, 0.15) is 36.8 Å². The van der Waals surface area contributed by atoms with Crippen molar-refractivity contribution >= 4 is 23.3 Å². The van der Waals surface area contributed by atoms with E-state index in [2.05, 4.69) is 0 Å². The molecule has 0 saturated heterocycles. The van der Waals surface area contributed by atoms with Crippen molar-refractivity contribution in [3.63, 3.8) is 0 Å². The summed E-state index contributed by atoms with van der Waals surface area (Å²) in [6, 6.07) is 26.2. The number of carbonyl (C=O) groups is 2. The molecular weight excluding hydrogens is 508 g/mol. The Hall–Kier alpha value is -4.98. The van der Waals surface area contributed by atoms with Gasteiger partial charge in [0.1, 0.15) is 23.0 Å². The number of carboxylic acids is 2. The van der Waals surface area contributed by atoms with Gasteiger partial charge in [-0.25, -0.2) is 0 Å². The SMILES string of the molecule is Nc1ccc(Oc2ccc(-c3ccc(Oc4ccc(N)cc4CCCC(=O)O)cc3)cc2)c(CCCC(=O)O)c1. The van der Waals surface area contributed by atoms with E-state index in [1.165, 1.54) is 0 Å². The van der Waals surface area contributed by atoms with Gasteiger partial charge in [0.25, 0.3) is 0 Å². The molecule has 0 aromatic heterocycles. The summed E-state index contributed by atoms with van der Waals surface area (Å²) in [4.78, 5) is 21.8. The average Bonchev–Trinajstić information content (AvgIpc) is 2.92. The van der Waals surface area contributed by atoms with Crippen molar-refractivity contribution in [3.8, 4) is 34.1 Å². The number of anilines is 2. The third kappa shape index (κ3) is 8.01. The minimum atomic E-state index is -0.829. The fourth-order valence-electron chi connectivity index (χ4n) is 4.33. The maximum atomic E-state index is 10.9. The van der Waals surface area contributed by atoms with Crippen LogP contribution in [0.2, 0.25) is 0 Å². The van der Waals surface area contributed by atoms with Crippen LogP contribution in [0.3, 0.4) is 0 Å². The number of nitrogens with two attached hydrogens (primary N) is 2. The molecule has 0 aliphatic heterocycles. The molecule has 0 spiro atoms. The van der Waals surface area contributed by atoms with Gasteiger partial charge in [0.05, 0.1) is 0 Å². The molecule has 0 amide bonds. The zero-order chi connectivity index (χ0) is 28.5. The first-order valence-electron chi connectivity index (χ1n) is 13.0. The Kier molecular flexibility index (Phi) is 9.25. The first kappa shape index (κ1) is 28.0. The summed E-state index contributed by atoms with van der Waals surface area (Å²) in [7, 11) is 0. The number of aliphatic carboxylic acids is 2. The summed E-state index contributed by atoms with van der Waals surface area (Å²) < 4.78 is 12.2. The normalized spacial score (nSPS) is 10.7. The van der Waals surface area contributed by atoms with E-state index in [1.54, 1.807) is 24.3 Å². The fraction of sp³-hybridized carbons (Fsp3) is 0.188. The van der Waals surface area contributed by atoms with Crippen molar-refractivity contribution in [2.75, 3.05) is 11.5 Å². The predicted octanol–water partition coefficient (Wildman–Crippen LogP) is 6.92. The highest BCUT2D eigenvalue weighted by atomic mass is 16.5. The molecule has 8 nitrogen and oxygen atoms in total. The van der Waals surface area contributed by atoms with Crippen LogP contribution in [-0.2, 0) is 22.4 Å².